The minimum atomic E-state index is -3.49. The molecule has 5 nitrogen and oxygen atoms in total. The van der Waals surface area contributed by atoms with Gasteiger partial charge in [0.05, 0.1) is 10.1 Å². The number of sulfonamides is 1. The molecule has 0 spiro atoms. The number of rotatable bonds is 9. The molecule has 2 rings (SSSR count). The second-order valence-corrected chi connectivity index (χ2v) is 9.31. The Labute approximate surface area is 166 Å². The van der Waals surface area contributed by atoms with Gasteiger partial charge in [0, 0.05) is 24.5 Å². The number of thioether (sulfide) groups is 1. The molecule has 0 bridgehead atoms. The molecule has 146 valence electrons. The number of amides is 1. The molecule has 0 aromatic heterocycles. The van der Waals surface area contributed by atoms with E-state index >= 15 is 0 Å². The minimum absolute atomic E-state index is 0.102. The molecule has 0 heterocycles. The second-order valence-electron chi connectivity index (χ2n) is 6.04. The van der Waals surface area contributed by atoms with E-state index in [0.717, 1.165) is 5.75 Å². The zero-order valence-electron chi connectivity index (χ0n) is 15.9. The Hall–Kier alpha value is -1.83. The molecule has 0 radical (unpaired) electrons. The van der Waals surface area contributed by atoms with E-state index in [1.807, 2.05) is 51.1 Å². The van der Waals surface area contributed by atoms with Crippen molar-refractivity contribution in [2.45, 2.75) is 36.7 Å². The predicted molar refractivity (Wildman–Crippen MR) is 112 cm³/mol. The van der Waals surface area contributed by atoms with Crippen molar-refractivity contribution in [1.29, 1.82) is 0 Å². The van der Waals surface area contributed by atoms with E-state index < -0.39 is 10.0 Å². The number of carbonyl (C=O) groups is 1. The monoisotopic (exact) mass is 406 g/mol. The van der Waals surface area contributed by atoms with Gasteiger partial charge in [-0.1, -0.05) is 44.2 Å². The molecule has 1 amide bonds. The highest BCUT2D eigenvalue weighted by atomic mass is 32.2. The molecule has 0 aliphatic heterocycles. The molecule has 0 fully saturated rings. The number of nitrogens with one attached hydrogen (secondary N) is 1. The largest absolute Gasteiger partial charge is 0.325 e. The Balaban J connectivity index is 1.96. The first-order chi connectivity index (χ1) is 12.9. The van der Waals surface area contributed by atoms with Gasteiger partial charge < -0.3 is 5.32 Å². The summed E-state index contributed by atoms with van der Waals surface area (Å²) in [6.07, 6.45) is 0. The molecule has 1 N–H and O–H groups in total. The Kier molecular flexibility index (Phi) is 7.89. The standard InChI is InChI=1S/C20H26N2O3S2/c1-4-22(5-2)27(24,25)19-13-11-18(12-14-19)21-20(23)16(3)26-15-17-9-7-6-8-10-17/h6-14,16H,4-5,15H2,1-3H3,(H,21,23). The van der Waals surface area contributed by atoms with Crippen molar-refractivity contribution in [3.8, 4) is 0 Å². The smallest absolute Gasteiger partial charge is 0.243 e. The average molecular weight is 407 g/mol. The van der Waals surface area contributed by atoms with Crippen LogP contribution in [-0.4, -0.2) is 37.0 Å². The van der Waals surface area contributed by atoms with Gasteiger partial charge in [0.25, 0.3) is 0 Å². The van der Waals surface area contributed by atoms with Crippen molar-refractivity contribution in [3.05, 3.63) is 60.2 Å². The van der Waals surface area contributed by atoms with E-state index in [1.54, 1.807) is 23.9 Å². The number of hydrogen-bond donors (Lipinski definition) is 1. The molecule has 0 aliphatic carbocycles. The van der Waals surface area contributed by atoms with Crippen LogP contribution in [0.15, 0.2) is 59.5 Å². The van der Waals surface area contributed by atoms with Gasteiger partial charge in [0.2, 0.25) is 15.9 Å². The third kappa shape index (κ3) is 5.82. The molecule has 1 unspecified atom stereocenters. The summed E-state index contributed by atoms with van der Waals surface area (Å²) in [7, 11) is -3.49. The Morgan fingerprint density at radius 1 is 1.04 bits per heavy atom. The highest BCUT2D eigenvalue weighted by Gasteiger charge is 2.21. The van der Waals surface area contributed by atoms with Crippen molar-refractivity contribution in [2.24, 2.45) is 0 Å². The molecule has 7 heteroatoms. The van der Waals surface area contributed by atoms with Crippen LogP contribution in [0.4, 0.5) is 5.69 Å². The average Bonchev–Trinajstić information content (AvgIpc) is 2.68. The molecule has 1 atom stereocenters. The molecule has 0 aliphatic rings. The molecule has 27 heavy (non-hydrogen) atoms. The molecule has 2 aromatic carbocycles. The van der Waals surface area contributed by atoms with Crippen molar-refractivity contribution >= 4 is 33.4 Å². The van der Waals surface area contributed by atoms with Gasteiger partial charge in [0.15, 0.2) is 0 Å². The van der Waals surface area contributed by atoms with E-state index in [-0.39, 0.29) is 16.1 Å². The highest BCUT2D eigenvalue weighted by Crippen LogP contribution is 2.21. The van der Waals surface area contributed by atoms with E-state index in [4.69, 9.17) is 0 Å². The Bertz CT molecular complexity index is 833. The fourth-order valence-electron chi connectivity index (χ4n) is 2.54. The van der Waals surface area contributed by atoms with Crippen LogP contribution in [0.1, 0.15) is 26.3 Å². The normalized spacial score (nSPS) is 12.7. The van der Waals surface area contributed by atoms with Crippen LogP contribution in [0.5, 0.6) is 0 Å². The van der Waals surface area contributed by atoms with E-state index in [0.29, 0.717) is 18.8 Å². The van der Waals surface area contributed by atoms with Crippen molar-refractivity contribution < 1.29 is 13.2 Å². The maximum Gasteiger partial charge on any atom is 0.243 e. The number of hydrogen-bond acceptors (Lipinski definition) is 4. The third-order valence-electron chi connectivity index (χ3n) is 4.18. The summed E-state index contributed by atoms with van der Waals surface area (Å²) in [5, 5.41) is 2.63. The van der Waals surface area contributed by atoms with Crippen LogP contribution in [-0.2, 0) is 20.6 Å². The summed E-state index contributed by atoms with van der Waals surface area (Å²) in [5.74, 6) is 0.659. The van der Waals surface area contributed by atoms with Crippen LogP contribution in [0.25, 0.3) is 0 Å². The van der Waals surface area contributed by atoms with Crippen LogP contribution in [0, 0.1) is 0 Å². The topological polar surface area (TPSA) is 66.5 Å². The van der Waals surface area contributed by atoms with Gasteiger partial charge >= 0.3 is 0 Å². The van der Waals surface area contributed by atoms with Gasteiger partial charge in [-0.3, -0.25) is 4.79 Å². The lowest BCUT2D eigenvalue weighted by atomic mass is 10.2. The first kappa shape index (κ1) is 21.5. The molecule has 0 saturated heterocycles. The number of anilines is 1. The molecular formula is C20H26N2O3S2. The number of carbonyl (C=O) groups excluding carboxylic acids is 1. The van der Waals surface area contributed by atoms with Crippen LogP contribution in [0.3, 0.4) is 0 Å². The SMILES string of the molecule is CCN(CC)S(=O)(=O)c1ccc(NC(=O)C(C)SCc2ccccc2)cc1. The minimum Gasteiger partial charge on any atom is -0.325 e. The zero-order valence-corrected chi connectivity index (χ0v) is 17.5. The first-order valence-electron chi connectivity index (χ1n) is 8.95. The van der Waals surface area contributed by atoms with Gasteiger partial charge in [-0.05, 0) is 36.8 Å². The number of benzene rings is 2. The summed E-state index contributed by atoms with van der Waals surface area (Å²) in [4.78, 5) is 12.6. The number of nitrogens with zero attached hydrogens (tertiary/aromatic N) is 1. The Morgan fingerprint density at radius 3 is 2.19 bits per heavy atom. The first-order valence-corrected chi connectivity index (χ1v) is 11.4. The third-order valence-corrected chi connectivity index (χ3v) is 7.46. The maximum absolute atomic E-state index is 12.5. The van der Waals surface area contributed by atoms with Gasteiger partial charge in [-0.25, -0.2) is 8.42 Å². The van der Waals surface area contributed by atoms with Gasteiger partial charge in [-0.15, -0.1) is 11.8 Å². The lowest BCUT2D eigenvalue weighted by molar-refractivity contribution is -0.115. The van der Waals surface area contributed by atoms with Crippen LogP contribution < -0.4 is 5.32 Å². The summed E-state index contributed by atoms with van der Waals surface area (Å²) in [6.45, 7) is 6.33. The van der Waals surface area contributed by atoms with E-state index in [2.05, 4.69) is 5.32 Å². The molecular weight excluding hydrogens is 380 g/mol. The lowest BCUT2D eigenvalue weighted by Gasteiger charge is -2.18. The maximum atomic E-state index is 12.5. The highest BCUT2D eigenvalue weighted by molar-refractivity contribution is 7.99. The van der Waals surface area contributed by atoms with Crippen LogP contribution in [0.2, 0.25) is 0 Å². The van der Waals surface area contributed by atoms with Gasteiger partial charge in [-0.2, -0.15) is 4.31 Å². The van der Waals surface area contributed by atoms with Crippen molar-refractivity contribution in [3.63, 3.8) is 0 Å². The van der Waals surface area contributed by atoms with E-state index in [9.17, 15) is 13.2 Å². The zero-order chi connectivity index (χ0) is 19.9. The quantitative estimate of drug-likeness (QED) is 0.684. The fourth-order valence-corrected chi connectivity index (χ4v) is 4.84. The fraction of sp³-hybridized carbons (Fsp3) is 0.350. The van der Waals surface area contributed by atoms with Crippen molar-refractivity contribution in [2.75, 3.05) is 18.4 Å². The second kappa shape index (κ2) is 9.92. The summed E-state index contributed by atoms with van der Waals surface area (Å²) in [5.41, 5.74) is 1.76. The van der Waals surface area contributed by atoms with Gasteiger partial charge in [0.1, 0.15) is 0 Å². The predicted octanol–water partition coefficient (Wildman–Crippen LogP) is 3.98. The van der Waals surface area contributed by atoms with E-state index in [1.165, 1.54) is 22.0 Å². The summed E-state index contributed by atoms with van der Waals surface area (Å²) in [6, 6.07) is 16.3. The Morgan fingerprint density at radius 2 is 1.63 bits per heavy atom. The summed E-state index contributed by atoms with van der Waals surface area (Å²) >= 11 is 1.56. The lowest BCUT2D eigenvalue weighted by Crippen LogP contribution is -2.30. The van der Waals surface area contributed by atoms with Crippen molar-refractivity contribution in [1.82, 2.24) is 4.31 Å². The molecule has 0 saturated carbocycles. The molecule has 2 aromatic rings. The van der Waals surface area contributed by atoms with Crippen LogP contribution >= 0.6 is 11.8 Å². The summed E-state index contributed by atoms with van der Waals surface area (Å²) < 4.78 is 26.4.